The maximum absolute atomic E-state index is 12.6. The summed E-state index contributed by atoms with van der Waals surface area (Å²) < 4.78 is 37.9. The molecule has 0 radical (unpaired) electrons. The molecule has 5 nitrogen and oxygen atoms in total. The number of phenols is 1. The number of para-hydroxylation sites is 1. The number of hydrazone groups is 1. The molecule has 132 valence electrons. The molecule has 0 unspecified atom stereocenters. The number of benzene rings is 2. The van der Waals surface area contributed by atoms with Crippen LogP contribution in [0.15, 0.2) is 53.6 Å². The van der Waals surface area contributed by atoms with Gasteiger partial charge in [-0.1, -0.05) is 18.2 Å². The van der Waals surface area contributed by atoms with Gasteiger partial charge in [-0.25, -0.2) is 5.43 Å². The van der Waals surface area contributed by atoms with Crippen molar-refractivity contribution in [3.8, 4) is 5.75 Å². The van der Waals surface area contributed by atoms with Crippen molar-refractivity contribution in [3.63, 3.8) is 0 Å². The Morgan fingerprint density at radius 2 is 1.88 bits per heavy atom. The van der Waals surface area contributed by atoms with E-state index in [0.717, 1.165) is 12.1 Å². The lowest BCUT2D eigenvalue weighted by Crippen LogP contribution is -2.26. The number of hydrogen-bond donors (Lipinski definition) is 3. The Bertz CT molecular complexity index is 789. The van der Waals surface area contributed by atoms with E-state index in [2.05, 4.69) is 15.8 Å². The molecule has 1 amide bonds. The smallest absolute Gasteiger partial charge is 0.416 e. The number of nitrogens with one attached hydrogen (secondary N) is 2. The van der Waals surface area contributed by atoms with Crippen molar-refractivity contribution >= 4 is 17.3 Å². The van der Waals surface area contributed by atoms with E-state index < -0.39 is 17.6 Å². The minimum Gasteiger partial charge on any atom is -0.507 e. The summed E-state index contributed by atoms with van der Waals surface area (Å²) in [7, 11) is 0. The molecule has 0 saturated carbocycles. The van der Waals surface area contributed by atoms with Crippen molar-refractivity contribution in [2.24, 2.45) is 5.10 Å². The van der Waals surface area contributed by atoms with E-state index >= 15 is 0 Å². The highest BCUT2D eigenvalue weighted by atomic mass is 19.4. The van der Waals surface area contributed by atoms with Crippen LogP contribution in [0.3, 0.4) is 0 Å². The molecule has 3 N–H and O–H groups in total. The normalized spacial score (nSPS) is 11.9. The molecule has 0 bridgehead atoms. The minimum atomic E-state index is -4.45. The summed E-state index contributed by atoms with van der Waals surface area (Å²) >= 11 is 0. The molecule has 0 saturated heterocycles. The standard InChI is InChI=1S/C17H16F3N3O2/c1-11(14-7-2-3-8-15(14)24)22-23-16(25)10-21-13-6-4-5-12(9-13)17(18,19)20/h2-9,21,24H,10H2,1H3,(H,23,25)/b22-11+. The number of halogens is 3. The van der Waals surface area contributed by atoms with Crippen molar-refractivity contribution < 1.29 is 23.1 Å². The number of aromatic hydroxyl groups is 1. The average molecular weight is 351 g/mol. The van der Waals surface area contributed by atoms with E-state index in [9.17, 15) is 23.1 Å². The van der Waals surface area contributed by atoms with Gasteiger partial charge in [0.2, 0.25) is 0 Å². The SMILES string of the molecule is C/C(=N\NC(=O)CNc1cccc(C(F)(F)F)c1)c1ccccc1O. The van der Waals surface area contributed by atoms with Gasteiger partial charge in [0.15, 0.2) is 0 Å². The van der Waals surface area contributed by atoms with Crippen LogP contribution in [0.2, 0.25) is 0 Å². The first kappa shape index (κ1) is 18.3. The van der Waals surface area contributed by atoms with Crippen LogP contribution in [-0.4, -0.2) is 23.3 Å². The highest BCUT2D eigenvalue weighted by Crippen LogP contribution is 2.30. The van der Waals surface area contributed by atoms with Crippen LogP contribution in [0.4, 0.5) is 18.9 Å². The number of alkyl halides is 3. The zero-order valence-electron chi connectivity index (χ0n) is 13.3. The Balaban J connectivity index is 1.93. The summed E-state index contributed by atoms with van der Waals surface area (Å²) in [5, 5.41) is 16.2. The maximum Gasteiger partial charge on any atom is 0.416 e. The molecule has 0 spiro atoms. The van der Waals surface area contributed by atoms with Gasteiger partial charge in [0, 0.05) is 11.3 Å². The summed E-state index contributed by atoms with van der Waals surface area (Å²) in [6.07, 6.45) is -4.45. The topological polar surface area (TPSA) is 73.7 Å². The Morgan fingerprint density at radius 3 is 2.56 bits per heavy atom. The molecule has 0 heterocycles. The van der Waals surface area contributed by atoms with Gasteiger partial charge in [-0.2, -0.15) is 18.3 Å². The number of carbonyl (C=O) groups is 1. The van der Waals surface area contributed by atoms with Crippen LogP contribution < -0.4 is 10.7 Å². The van der Waals surface area contributed by atoms with Crippen LogP contribution >= 0.6 is 0 Å². The van der Waals surface area contributed by atoms with Crippen LogP contribution in [-0.2, 0) is 11.0 Å². The zero-order chi connectivity index (χ0) is 18.4. The van der Waals surface area contributed by atoms with Gasteiger partial charge in [0.05, 0.1) is 17.8 Å². The first-order valence-corrected chi connectivity index (χ1v) is 7.30. The monoisotopic (exact) mass is 351 g/mol. The molecule has 8 heteroatoms. The zero-order valence-corrected chi connectivity index (χ0v) is 13.3. The first-order chi connectivity index (χ1) is 11.8. The van der Waals surface area contributed by atoms with E-state index in [4.69, 9.17) is 0 Å². The second-order valence-electron chi connectivity index (χ2n) is 5.18. The third kappa shape index (κ3) is 5.23. The van der Waals surface area contributed by atoms with Gasteiger partial charge in [-0.3, -0.25) is 4.79 Å². The third-order valence-corrected chi connectivity index (χ3v) is 3.29. The molecule has 25 heavy (non-hydrogen) atoms. The van der Waals surface area contributed by atoms with Crippen LogP contribution in [0, 0.1) is 0 Å². The van der Waals surface area contributed by atoms with Gasteiger partial charge in [-0.05, 0) is 37.3 Å². The predicted molar refractivity (Wildman–Crippen MR) is 88.4 cm³/mol. The summed E-state index contributed by atoms with van der Waals surface area (Å²) in [6.45, 7) is 1.36. The molecule has 2 aromatic rings. The van der Waals surface area contributed by atoms with Gasteiger partial charge >= 0.3 is 6.18 Å². The molecular weight excluding hydrogens is 335 g/mol. The minimum absolute atomic E-state index is 0.0279. The molecule has 0 fully saturated rings. The highest BCUT2D eigenvalue weighted by Gasteiger charge is 2.30. The van der Waals surface area contributed by atoms with Gasteiger partial charge in [0.1, 0.15) is 5.75 Å². The Labute approximate surface area is 142 Å². The number of carbonyl (C=O) groups excluding carboxylic acids is 1. The lowest BCUT2D eigenvalue weighted by atomic mass is 10.1. The predicted octanol–water partition coefficient (Wildman–Crippen LogP) is 3.36. The highest BCUT2D eigenvalue weighted by molar-refractivity contribution is 6.01. The van der Waals surface area contributed by atoms with E-state index in [1.807, 2.05) is 0 Å². The number of hydrogen-bond acceptors (Lipinski definition) is 4. The quantitative estimate of drug-likeness (QED) is 0.571. The fraction of sp³-hybridized carbons (Fsp3) is 0.176. The van der Waals surface area contributed by atoms with Gasteiger partial charge in [-0.15, -0.1) is 0 Å². The molecule has 0 aliphatic heterocycles. The van der Waals surface area contributed by atoms with E-state index in [1.54, 1.807) is 25.1 Å². The van der Waals surface area contributed by atoms with Crippen LogP contribution in [0.5, 0.6) is 5.75 Å². The molecule has 0 atom stereocenters. The van der Waals surface area contributed by atoms with Gasteiger partial charge in [0.25, 0.3) is 5.91 Å². The second-order valence-corrected chi connectivity index (χ2v) is 5.18. The van der Waals surface area contributed by atoms with E-state index in [-0.39, 0.29) is 18.0 Å². The Kier molecular flexibility index (Phi) is 5.63. The number of phenolic OH excluding ortho intramolecular Hbond substituents is 1. The summed E-state index contributed by atoms with van der Waals surface area (Å²) in [5.41, 5.74) is 2.51. The summed E-state index contributed by atoms with van der Waals surface area (Å²) in [5.74, 6) is -0.507. The lowest BCUT2D eigenvalue weighted by Gasteiger charge is -2.10. The third-order valence-electron chi connectivity index (χ3n) is 3.29. The number of rotatable bonds is 5. The first-order valence-electron chi connectivity index (χ1n) is 7.30. The second kappa shape index (κ2) is 7.69. The lowest BCUT2D eigenvalue weighted by molar-refractivity contribution is -0.137. The molecule has 0 aliphatic carbocycles. The fourth-order valence-electron chi connectivity index (χ4n) is 2.01. The van der Waals surface area contributed by atoms with Crippen molar-refractivity contribution in [1.82, 2.24) is 5.43 Å². The Hall–Kier alpha value is -3.03. The summed E-state index contributed by atoms with van der Waals surface area (Å²) in [4.78, 5) is 11.8. The summed E-state index contributed by atoms with van der Waals surface area (Å²) in [6, 6.07) is 11.1. The molecule has 0 aromatic heterocycles. The largest absolute Gasteiger partial charge is 0.507 e. The van der Waals surface area contributed by atoms with Crippen LogP contribution in [0.25, 0.3) is 0 Å². The van der Waals surface area contributed by atoms with Crippen LogP contribution in [0.1, 0.15) is 18.1 Å². The van der Waals surface area contributed by atoms with E-state index in [1.165, 1.54) is 18.2 Å². The Morgan fingerprint density at radius 1 is 1.16 bits per heavy atom. The number of amides is 1. The maximum atomic E-state index is 12.6. The number of nitrogens with zero attached hydrogens (tertiary/aromatic N) is 1. The average Bonchev–Trinajstić information content (AvgIpc) is 2.58. The molecular formula is C17H16F3N3O2. The fourth-order valence-corrected chi connectivity index (χ4v) is 2.01. The molecule has 0 aliphatic rings. The molecule has 2 rings (SSSR count). The molecule has 2 aromatic carbocycles. The van der Waals surface area contributed by atoms with Crippen molar-refractivity contribution in [2.75, 3.05) is 11.9 Å². The van der Waals surface area contributed by atoms with Crippen molar-refractivity contribution in [2.45, 2.75) is 13.1 Å². The van der Waals surface area contributed by atoms with E-state index in [0.29, 0.717) is 11.3 Å². The van der Waals surface area contributed by atoms with Crippen molar-refractivity contribution in [3.05, 3.63) is 59.7 Å². The van der Waals surface area contributed by atoms with Gasteiger partial charge < -0.3 is 10.4 Å². The van der Waals surface area contributed by atoms with Crippen molar-refractivity contribution in [1.29, 1.82) is 0 Å². The number of anilines is 1.